The molecule has 0 N–H and O–H groups in total. The monoisotopic (exact) mass is 224 g/mol. The van der Waals surface area contributed by atoms with Crippen LogP contribution in [0.4, 0.5) is 0 Å². The van der Waals surface area contributed by atoms with Crippen LogP contribution in [0.3, 0.4) is 0 Å². The molecule has 4 nitrogen and oxygen atoms in total. The summed E-state index contributed by atoms with van der Waals surface area (Å²) < 4.78 is 31.3. The van der Waals surface area contributed by atoms with E-state index >= 15 is 0 Å². The molecule has 86 valence electrons. The largest absolute Gasteiger partial charge is 0.399 e. The molecule has 0 heterocycles. The van der Waals surface area contributed by atoms with Crippen LogP contribution in [0.1, 0.15) is 40.0 Å². The highest BCUT2D eigenvalue weighted by Gasteiger charge is 2.11. The zero-order chi connectivity index (χ0) is 11.0. The molecule has 0 aromatic rings. The van der Waals surface area contributed by atoms with Gasteiger partial charge < -0.3 is 0 Å². The van der Waals surface area contributed by atoms with E-state index in [1.165, 1.54) is 0 Å². The van der Waals surface area contributed by atoms with E-state index in [1.807, 2.05) is 20.8 Å². The Hall–Kier alpha value is -0.130. The molecule has 0 amide bonds. The zero-order valence-corrected chi connectivity index (χ0v) is 9.97. The molecule has 0 saturated heterocycles. The predicted molar refractivity (Wildman–Crippen MR) is 55.2 cm³/mol. The lowest BCUT2D eigenvalue weighted by Gasteiger charge is -2.06. The first-order valence-corrected chi connectivity index (χ1v) is 6.35. The predicted octanol–water partition coefficient (Wildman–Crippen LogP) is 2.11. The van der Waals surface area contributed by atoms with Crippen LogP contribution in [-0.2, 0) is 18.8 Å². The zero-order valence-electron chi connectivity index (χ0n) is 9.15. The van der Waals surface area contributed by atoms with Crippen LogP contribution in [-0.4, -0.2) is 21.6 Å². The molecule has 0 atom stereocenters. The standard InChI is InChI=1S/C9H20O4S/c1-4-5-7-12-14(10,11)13-8-6-9(2)3/h9H,4-8H2,1-3H3. The second-order valence-electron chi connectivity index (χ2n) is 3.59. The minimum absolute atomic E-state index is 0.201. The molecular weight excluding hydrogens is 204 g/mol. The first kappa shape index (κ1) is 13.9. The summed E-state index contributed by atoms with van der Waals surface area (Å²) in [6.45, 7) is 6.39. The number of hydrogen-bond acceptors (Lipinski definition) is 4. The van der Waals surface area contributed by atoms with Crippen molar-refractivity contribution < 1.29 is 16.8 Å². The Balaban J connectivity index is 3.62. The molecule has 0 aromatic heterocycles. The van der Waals surface area contributed by atoms with Crippen LogP contribution >= 0.6 is 0 Å². The highest BCUT2D eigenvalue weighted by atomic mass is 32.3. The second-order valence-corrected chi connectivity index (χ2v) is 4.88. The van der Waals surface area contributed by atoms with Crippen molar-refractivity contribution in [3.05, 3.63) is 0 Å². The Morgan fingerprint density at radius 2 is 1.71 bits per heavy atom. The average Bonchev–Trinajstić information content (AvgIpc) is 2.03. The van der Waals surface area contributed by atoms with Crippen molar-refractivity contribution in [2.75, 3.05) is 13.2 Å². The molecule has 0 aliphatic rings. The van der Waals surface area contributed by atoms with Crippen molar-refractivity contribution >= 4 is 10.4 Å². The van der Waals surface area contributed by atoms with Gasteiger partial charge in [0.25, 0.3) is 0 Å². The lowest BCUT2D eigenvalue weighted by molar-refractivity contribution is 0.204. The Kier molecular flexibility index (Phi) is 7.13. The molecule has 5 heteroatoms. The summed E-state index contributed by atoms with van der Waals surface area (Å²) in [6, 6.07) is 0. The third kappa shape index (κ3) is 8.47. The van der Waals surface area contributed by atoms with Gasteiger partial charge in [-0.2, -0.15) is 8.42 Å². The second kappa shape index (κ2) is 7.20. The quantitative estimate of drug-likeness (QED) is 0.592. The van der Waals surface area contributed by atoms with Crippen LogP contribution in [0.2, 0.25) is 0 Å². The number of unbranched alkanes of at least 4 members (excludes halogenated alkanes) is 1. The smallest absolute Gasteiger partial charge is 0.248 e. The highest BCUT2D eigenvalue weighted by molar-refractivity contribution is 7.81. The van der Waals surface area contributed by atoms with Crippen LogP contribution in [0.15, 0.2) is 0 Å². The SMILES string of the molecule is CCCCOS(=O)(=O)OCCC(C)C. The Bertz CT molecular complexity index is 221. The third-order valence-corrected chi connectivity index (χ3v) is 2.56. The van der Waals surface area contributed by atoms with Gasteiger partial charge >= 0.3 is 10.4 Å². The van der Waals surface area contributed by atoms with Gasteiger partial charge in [-0.25, -0.2) is 8.37 Å². The van der Waals surface area contributed by atoms with E-state index in [1.54, 1.807) is 0 Å². The van der Waals surface area contributed by atoms with Crippen molar-refractivity contribution in [1.82, 2.24) is 0 Å². The Labute approximate surface area is 86.9 Å². The van der Waals surface area contributed by atoms with Crippen molar-refractivity contribution in [2.45, 2.75) is 40.0 Å². The molecule has 0 unspecified atom stereocenters. The molecule has 0 rings (SSSR count). The molecule has 0 fully saturated rings. The van der Waals surface area contributed by atoms with Crippen LogP contribution in [0.25, 0.3) is 0 Å². The van der Waals surface area contributed by atoms with Gasteiger partial charge in [-0.3, -0.25) is 0 Å². The maximum absolute atomic E-state index is 11.0. The van der Waals surface area contributed by atoms with Gasteiger partial charge in [0.2, 0.25) is 0 Å². The van der Waals surface area contributed by atoms with Gasteiger partial charge in [-0.15, -0.1) is 0 Å². The maximum Gasteiger partial charge on any atom is 0.399 e. The van der Waals surface area contributed by atoms with E-state index in [9.17, 15) is 8.42 Å². The van der Waals surface area contributed by atoms with Gasteiger partial charge in [0.05, 0.1) is 13.2 Å². The molecular formula is C9H20O4S. The molecule has 0 spiro atoms. The van der Waals surface area contributed by atoms with E-state index in [0.29, 0.717) is 5.92 Å². The molecule has 14 heavy (non-hydrogen) atoms. The van der Waals surface area contributed by atoms with Crippen molar-refractivity contribution in [3.63, 3.8) is 0 Å². The summed E-state index contributed by atoms with van der Waals surface area (Å²) in [7, 11) is -3.75. The van der Waals surface area contributed by atoms with Crippen molar-refractivity contribution in [1.29, 1.82) is 0 Å². The molecule has 0 aliphatic heterocycles. The van der Waals surface area contributed by atoms with E-state index in [4.69, 9.17) is 0 Å². The Morgan fingerprint density at radius 1 is 1.14 bits per heavy atom. The van der Waals surface area contributed by atoms with Crippen LogP contribution < -0.4 is 0 Å². The van der Waals surface area contributed by atoms with E-state index in [-0.39, 0.29) is 13.2 Å². The van der Waals surface area contributed by atoms with E-state index in [2.05, 4.69) is 8.37 Å². The molecule has 0 aromatic carbocycles. The maximum atomic E-state index is 11.0. The van der Waals surface area contributed by atoms with Gasteiger partial charge in [0.1, 0.15) is 0 Å². The fourth-order valence-corrected chi connectivity index (χ4v) is 1.42. The summed E-state index contributed by atoms with van der Waals surface area (Å²) in [6.07, 6.45) is 2.35. The van der Waals surface area contributed by atoms with Crippen LogP contribution in [0, 0.1) is 5.92 Å². The first-order chi connectivity index (χ1) is 6.48. The number of hydrogen-bond donors (Lipinski definition) is 0. The average molecular weight is 224 g/mol. The summed E-state index contributed by atoms with van der Waals surface area (Å²) in [5.41, 5.74) is 0. The fourth-order valence-electron chi connectivity index (χ4n) is 0.725. The summed E-state index contributed by atoms with van der Waals surface area (Å²) in [4.78, 5) is 0. The topological polar surface area (TPSA) is 52.6 Å². The summed E-state index contributed by atoms with van der Waals surface area (Å²) >= 11 is 0. The van der Waals surface area contributed by atoms with Gasteiger partial charge in [0, 0.05) is 0 Å². The van der Waals surface area contributed by atoms with E-state index < -0.39 is 10.4 Å². The van der Waals surface area contributed by atoms with Gasteiger partial charge in [0.15, 0.2) is 0 Å². The van der Waals surface area contributed by atoms with Crippen molar-refractivity contribution in [2.24, 2.45) is 5.92 Å². The van der Waals surface area contributed by atoms with E-state index in [0.717, 1.165) is 19.3 Å². The third-order valence-electron chi connectivity index (χ3n) is 1.65. The molecule has 0 radical (unpaired) electrons. The van der Waals surface area contributed by atoms with Gasteiger partial charge in [-0.05, 0) is 18.8 Å². The molecule has 0 bridgehead atoms. The lowest BCUT2D eigenvalue weighted by atomic mass is 10.2. The molecule has 0 saturated carbocycles. The highest BCUT2D eigenvalue weighted by Crippen LogP contribution is 2.04. The summed E-state index contributed by atoms with van der Waals surface area (Å²) in [5.74, 6) is 0.431. The minimum Gasteiger partial charge on any atom is -0.248 e. The Morgan fingerprint density at radius 3 is 2.21 bits per heavy atom. The lowest BCUT2D eigenvalue weighted by Crippen LogP contribution is -2.12. The van der Waals surface area contributed by atoms with Crippen LogP contribution in [0.5, 0.6) is 0 Å². The fraction of sp³-hybridized carbons (Fsp3) is 1.00. The first-order valence-electron chi connectivity index (χ1n) is 5.01. The summed E-state index contributed by atoms with van der Waals surface area (Å²) in [5, 5.41) is 0. The normalized spacial score (nSPS) is 12.3. The van der Waals surface area contributed by atoms with Crippen molar-refractivity contribution in [3.8, 4) is 0 Å². The van der Waals surface area contributed by atoms with Gasteiger partial charge in [-0.1, -0.05) is 27.2 Å². The minimum atomic E-state index is -3.75. The molecule has 0 aliphatic carbocycles. The number of rotatable bonds is 8.